The number of rotatable bonds is 3. The first kappa shape index (κ1) is 13.3. The van der Waals surface area contributed by atoms with Gasteiger partial charge in [-0.15, -0.1) is 0 Å². The molecule has 0 radical (unpaired) electrons. The van der Waals surface area contributed by atoms with E-state index in [2.05, 4.69) is 4.74 Å². The van der Waals surface area contributed by atoms with Crippen LogP contribution in [0.4, 0.5) is 0 Å². The van der Waals surface area contributed by atoms with E-state index < -0.39 is 36.9 Å². The van der Waals surface area contributed by atoms with Crippen molar-refractivity contribution in [1.82, 2.24) is 0 Å². The van der Waals surface area contributed by atoms with Gasteiger partial charge in [-0.3, -0.25) is 4.79 Å². The molecule has 1 rings (SSSR count). The Labute approximate surface area is 92.2 Å². The summed E-state index contributed by atoms with van der Waals surface area (Å²) in [5.41, 5.74) is 0. The lowest BCUT2D eigenvalue weighted by molar-refractivity contribution is -0.331. The van der Waals surface area contributed by atoms with E-state index in [-0.39, 0.29) is 6.42 Å². The summed E-state index contributed by atoms with van der Waals surface area (Å²) >= 11 is 0. The van der Waals surface area contributed by atoms with E-state index in [0.29, 0.717) is 6.42 Å². The SMILES string of the molecule is CCCC(=O)O[C@H]1O[C@H](O)[C@@H](O)[C@H](O)[C@H]1O. The number of carbonyl (C=O) groups is 1. The molecule has 4 N–H and O–H groups in total. The predicted octanol–water partition coefficient (Wildman–Crippen LogP) is -1.91. The number of aliphatic hydroxyl groups excluding tert-OH is 4. The molecule has 1 fully saturated rings. The van der Waals surface area contributed by atoms with Crippen molar-refractivity contribution in [3.05, 3.63) is 0 Å². The Morgan fingerprint density at radius 2 is 1.81 bits per heavy atom. The van der Waals surface area contributed by atoms with E-state index in [1.54, 1.807) is 6.92 Å². The molecule has 16 heavy (non-hydrogen) atoms. The summed E-state index contributed by atoms with van der Waals surface area (Å²) in [4.78, 5) is 11.1. The summed E-state index contributed by atoms with van der Waals surface area (Å²) in [6.45, 7) is 1.77. The number of ether oxygens (including phenoxy) is 2. The maximum atomic E-state index is 11.1. The van der Waals surface area contributed by atoms with Crippen LogP contribution < -0.4 is 0 Å². The van der Waals surface area contributed by atoms with Crippen molar-refractivity contribution < 1.29 is 34.7 Å². The van der Waals surface area contributed by atoms with Crippen LogP contribution in [0.15, 0.2) is 0 Å². The molecule has 1 aliphatic heterocycles. The molecule has 7 nitrogen and oxygen atoms in total. The van der Waals surface area contributed by atoms with Crippen molar-refractivity contribution >= 4 is 5.97 Å². The molecule has 1 saturated heterocycles. The second kappa shape index (κ2) is 5.55. The van der Waals surface area contributed by atoms with E-state index in [4.69, 9.17) is 14.9 Å². The summed E-state index contributed by atoms with van der Waals surface area (Å²) in [5, 5.41) is 37.0. The highest BCUT2D eigenvalue weighted by molar-refractivity contribution is 5.69. The summed E-state index contributed by atoms with van der Waals surface area (Å²) < 4.78 is 9.34. The van der Waals surface area contributed by atoms with Gasteiger partial charge in [0.2, 0.25) is 6.29 Å². The highest BCUT2D eigenvalue weighted by Crippen LogP contribution is 2.21. The lowest BCUT2D eigenvalue weighted by atomic mass is 10.0. The van der Waals surface area contributed by atoms with E-state index in [0.717, 1.165) is 0 Å². The van der Waals surface area contributed by atoms with Gasteiger partial charge in [-0.2, -0.15) is 0 Å². The second-order valence-electron chi connectivity index (χ2n) is 3.61. The van der Waals surface area contributed by atoms with Gasteiger partial charge in [-0.25, -0.2) is 0 Å². The minimum atomic E-state index is -1.70. The molecule has 0 aromatic carbocycles. The van der Waals surface area contributed by atoms with Gasteiger partial charge in [0.1, 0.15) is 18.3 Å². The molecule has 0 bridgehead atoms. The fraction of sp³-hybridized carbons (Fsp3) is 0.889. The maximum Gasteiger partial charge on any atom is 0.308 e. The summed E-state index contributed by atoms with van der Waals surface area (Å²) in [7, 11) is 0. The van der Waals surface area contributed by atoms with Gasteiger partial charge < -0.3 is 29.9 Å². The normalized spacial score (nSPS) is 39.4. The average molecular weight is 236 g/mol. The monoisotopic (exact) mass is 236 g/mol. The first-order chi connectivity index (χ1) is 7.47. The summed E-state index contributed by atoms with van der Waals surface area (Å²) in [5.74, 6) is -0.609. The molecule has 0 saturated carbocycles. The second-order valence-corrected chi connectivity index (χ2v) is 3.61. The van der Waals surface area contributed by atoms with Crippen LogP contribution in [0.3, 0.4) is 0 Å². The van der Waals surface area contributed by atoms with E-state index >= 15 is 0 Å². The van der Waals surface area contributed by atoms with Gasteiger partial charge in [0.15, 0.2) is 6.29 Å². The van der Waals surface area contributed by atoms with E-state index in [1.807, 2.05) is 0 Å². The Morgan fingerprint density at radius 1 is 1.19 bits per heavy atom. The van der Waals surface area contributed by atoms with Crippen molar-refractivity contribution in [3.8, 4) is 0 Å². The van der Waals surface area contributed by atoms with E-state index in [9.17, 15) is 15.0 Å². The lowest BCUT2D eigenvalue weighted by Gasteiger charge is -2.37. The smallest absolute Gasteiger partial charge is 0.308 e. The molecular weight excluding hydrogens is 220 g/mol. The van der Waals surface area contributed by atoms with Crippen molar-refractivity contribution in [1.29, 1.82) is 0 Å². The van der Waals surface area contributed by atoms with Crippen LogP contribution in [-0.4, -0.2) is 57.3 Å². The Hall–Kier alpha value is -0.730. The van der Waals surface area contributed by atoms with Crippen LogP contribution in [-0.2, 0) is 14.3 Å². The van der Waals surface area contributed by atoms with Gasteiger partial charge in [0, 0.05) is 6.42 Å². The molecule has 7 heteroatoms. The quantitative estimate of drug-likeness (QED) is 0.422. The van der Waals surface area contributed by atoms with Crippen LogP contribution in [0.25, 0.3) is 0 Å². The Kier molecular flexibility index (Phi) is 4.63. The molecule has 0 aromatic heterocycles. The standard InChI is InChI=1S/C9H16O7/c1-2-3-4(10)15-9-7(13)5(11)6(12)8(14)16-9/h5-9,11-14H,2-3H2,1H3/t5-,6-,7+,8-,9-/m0/s1. The number of aliphatic hydroxyl groups is 4. The zero-order valence-corrected chi connectivity index (χ0v) is 8.81. The fourth-order valence-corrected chi connectivity index (χ4v) is 1.32. The molecule has 1 aliphatic rings. The zero-order valence-electron chi connectivity index (χ0n) is 8.81. The van der Waals surface area contributed by atoms with Gasteiger partial charge in [-0.1, -0.05) is 6.92 Å². The minimum Gasteiger partial charge on any atom is -0.433 e. The summed E-state index contributed by atoms with van der Waals surface area (Å²) in [6, 6.07) is 0. The predicted molar refractivity (Wildman–Crippen MR) is 49.9 cm³/mol. The average Bonchev–Trinajstić information content (AvgIpc) is 2.23. The summed E-state index contributed by atoms with van der Waals surface area (Å²) in [6.07, 6.45) is -7.29. The Bertz CT molecular complexity index is 244. The van der Waals surface area contributed by atoms with Crippen molar-refractivity contribution in [2.24, 2.45) is 0 Å². The molecule has 0 aliphatic carbocycles. The maximum absolute atomic E-state index is 11.1. The van der Waals surface area contributed by atoms with Crippen molar-refractivity contribution in [2.45, 2.75) is 50.7 Å². The Morgan fingerprint density at radius 3 is 2.38 bits per heavy atom. The van der Waals surface area contributed by atoms with Crippen LogP contribution in [0, 0.1) is 0 Å². The van der Waals surface area contributed by atoms with Crippen LogP contribution in [0.2, 0.25) is 0 Å². The minimum absolute atomic E-state index is 0.140. The van der Waals surface area contributed by atoms with Gasteiger partial charge in [-0.05, 0) is 6.42 Å². The van der Waals surface area contributed by atoms with Gasteiger partial charge >= 0.3 is 5.97 Å². The molecular formula is C9H16O7. The highest BCUT2D eigenvalue weighted by atomic mass is 16.8. The number of esters is 1. The van der Waals surface area contributed by atoms with Crippen molar-refractivity contribution in [3.63, 3.8) is 0 Å². The largest absolute Gasteiger partial charge is 0.433 e. The molecule has 0 amide bonds. The van der Waals surface area contributed by atoms with Crippen LogP contribution in [0.1, 0.15) is 19.8 Å². The topological polar surface area (TPSA) is 116 Å². The molecule has 5 atom stereocenters. The third-order valence-corrected chi connectivity index (χ3v) is 2.25. The van der Waals surface area contributed by atoms with E-state index in [1.165, 1.54) is 0 Å². The molecule has 1 heterocycles. The molecule has 0 spiro atoms. The lowest BCUT2D eigenvalue weighted by Crippen LogP contribution is -2.58. The first-order valence-electron chi connectivity index (χ1n) is 5.04. The van der Waals surface area contributed by atoms with Gasteiger partial charge in [0.05, 0.1) is 0 Å². The number of hydrogen-bond acceptors (Lipinski definition) is 7. The number of hydrogen-bond donors (Lipinski definition) is 4. The van der Waals surface area contributed by atoms with Crippen molar-refractivity contribution in [2.75, 3.05) is 0 Å². The zero-order chi connectivity index (χ0) is 12.3. The van der Waals surface area contributed by atoms with Crippen LogP contribution >= 0.6 is 0 Å². The third kappa shape index (κ3) is 2.89. The van der Waals surface area contributed by atoms with Gasteiger partial charge in [0.25, 0.3) is 0 Å². The molecule has 0 aromatic rings. The number of carbonyl (C=O) groups excluding carboxylic acids is 1. The first-order valence-corrected chi connectivity index (χ1v) is 5.04. The molecule has 0 unspecified atom stereocenters. The third-order valence-electron chi connectivity index (χ3n) is 2.25. The fourth-order valence-electron chi connectivity index (χ4n) is 1.32. The highest BCUT2D eigenvalue weighted by Gasteiger charge is 2.44. The molecule has 94 valence electrons. The van der Waals surface area contributed by atoms with Crippen LogP contribution in [0.5, 0.6) is 0 Å². The Balaban J connectivity index is 2.57.